The van der Waals surface area contributed by atoms with Crippen LogP contribution in [-0.2, 0) is 12.8 Å². The van der Waals surface area contributed by atoms with Crippen LogP contribution in [0, 0.1) is 0 Å². The lowest BCUT2D eigenvalue weighted by Gasteiger charge is -2.23. The quantitative estimate of drug-likeness (QED) is 0.488. The van der Waals surface area contributed by atoms with Crippen molar-refractivity contribution in [2.24, 2.45) is 0 Å². The van der Waals surface area contributed by atoms with Crippen LogP contribution in [0.4, 0.5) is 4.79 Å². The first-order chi connectivity index (χ1) is 12.6. The number of carboxylic acid groups (broad SMARTS) is 1. The van der Waals surface area contributed by atoms with Crippen LogP contribution < -0.4 is 15.4 Å². The average molecular weight is 358 g/mol. The van der Waals surface area contributed by atoms with Gasteiger partial charge in [-0.15, -0.1) is 0 Å². The highest BCUT2D eigenvalue weighted by atomic mass is 16.5. The highest BCUT2D eigenvalue weighted by Gasteiger charge is 2.21. The fourth-order valence-electron chi connectivity index (χ4n) is 2.76. The van der Waals surface area contributed by atoms with Crippen LogP contribution in [0.15, 0.2) is 54.6 Å². The molecule has 140 valence electrons. The lowest BCUT2D eigenvalue weighted by atomic mass is 10.0. The van der Waals surface area contributed by atoms with E-state index in [9.17, 15) is 9.90 Å². The molecular weight excluding hydrogens is 332 g/mol. The van der Waals surface area contributed by atoms with Crippen molar-refractivity contribution in [3.8, 4) is 5.75 Å². The van der Waals surface area contributed by atoms with Crippen molar-refractivity contribution in [2.45, 2.75) is 25.0 Å². The number of carbonyl (C=O) groups is 1. The number of ether oxygens (including phenoxy) is 1. The Morgan fingerprint density at radius 2 is 1.85 bits per heavy atom. The number of hydrogen-bond acceptors (Lipinski definition) is 4. The summed E-state index contributed by atoms with van der Waals surface area (Å²) in [6.45, 7) is 0.983. The third-order valence-electron chi connectivity index (χ3n) is 4.15. The number of rotatable bonds is 10. The molecule has 2 aromatic rings. The van der Waals surface area contributed by atoms with Gasteiger partial charge in [-0.05, 0) is 42.6 Å². The van der Waals surface area contributed by atoms with Gasteiger partial charge in [0.2, 0.25) is 0 Å². The SMILES string of the molecule is COc1cccc(CCNC[C@H](O)[C@H](Cc2ccccc2)NC(=O)O)c1. The number of nitrogens with one attached hydrogen (secondary N) is 2. The molecule has 2 rings (SSSR count). The van der Waals surface area contributed by atoms with Crippen LogP contribution >= 0.6 is 0 Å². The number of amides is 1. The normalized spacial score (nSPS) is 13.0. The fraction of sp³-hybridized carbons (Fsp3) is 0.350. The predicted octanol–water partition coefficient (Wildman–Crippen LogP) is 2.07. The van der Waals surface area contributed by atoms with Crippen LogP contribution in [0.25, 0.3) is 0 Å². The monoisotopic (exact) mass is 358 g/mol. The summed E-state index contributed by atoms with van der Waals surface area (Å²) in [5.41, 5.74) is 2.11. The lowest BCUT2D eigenvalue weighted by Crippen LogP contribution is -2.48. The minimum Gasteiger partial charge on any atom is -0.497 e. The van der Waals surface area contributed by atoms with E-state index < -0.39 is 18.2 Å². The Labute approximate surface area is 153 Å². The molecule has 0 radical (unpaired) electrons. The summed E-state index contributed by atoms with van der Waals surface area (Å²) in [7, 11) is 1.63. The molecule has 0 unspecified atom stereocenters. The summed E-state index contributed by atoms with van der Waals surface area (Å²) < 4.78 is 5.20. The van der Waals surface area contributed by atoms with E-state index in [0.717, 1.165) is 23.3 Å². The third-order valence-corrected chi connectivity index (χ3v) is 4.15. The number of methoxy groups -OCH3 is 1. The van der Waals surface area contributed by atoms with Gasteiger partial charge in [-0.25, -0.2) is 4.79 Å². The Bertz CT molecular complexity index is 679. The van der Waals surface area contributed by atoms with Gasteiger partial charge in [-0.1, -0.05) is 42.5 Å². The second-order valence-electron chi connectivity index (χ2n) is 6.12. The molecular formula is C20H26N2O4. The summed E-state index contributed by atoms with van der Waals surface area (Å²) in [5, 5.41) is 25.0. The first-order valence-corrected chi connectivity index (χ1v) is 8.63. The lowest BCUT2D eigenvalue weighted by molar-refractivity contribution is 0.118. The molecule has 4 N–H and O–H groups in total. The molecule has 0 aliphatic rings. The van der Waals surface area contributed by atoms with Gasteiger partial charge in [-0.3, -0.25) is 0 Å². The molecule has 2 atom stereocenters. The maximum absolute atomic E-state index is 11.0. The molecule has 6 heteroatoms. The minimum absolute atomic E-state index is 0.307. The summed E-state index contributed by atoms with van der Waals surface area (Å²) in [5.74, 6) is 0.816. The van der Waals surface area contributed by atoms with Gasteiger partial charge in [-0.2, -0.15) is 0 Å². The molecule has 0 saturated heterocycles. The minimum atomic E-state index is -1.14. The van der Waals surface area contributed by atoms with E-state index in [-0.39, 0.29) is 0 Å². The Morgan fingerprint density at radius 3 is 2.54 bits per heavy atom. The van der Waals surface area contributed by atoms with Crippen molar-refractivity contribution >= 4 is 6.09 Å². The molecule has 0 aliphatic heterocycles. The summed E-state index contributed by atoms with van der Waals surface area (Å²) in [6, 6.07) is 16.8. The van der Waals surface area contributed by atoms with E-state index in [1.807, 2.05) is 54.6 Å². The molecule has 2 aromatic carbocycles. The van der Waals surface area contributed by atoms with Crippen LogP contribution in [0.1, 0.15) is 11.1 Å². The number of benzene rings is 2. The summed E-state index contributed by atoms with van der Waals surface area (Å²) in [4.78, 5) is 11.0. The number of hydrogen-bond donors (Lipinski definition) is 4. The smallest absolute Gasteiger partial charge is 0.404 e. The Morgan fingerprint density at radius 1 is 1.12 bits per heavy atom. The molecule has 0 bridgehead atoms. The van der Waals surface area contributed by atoms with Crippen molar-refractivity contribution in [1.29, 1.82) is 0 Å². The Kier molecular flexibility index (Phi) is 7.92. The highest BCUT2D eigenvalue weighted by Crippen LogP contribution is 2.12. The van der Waals surface area contributed by atoms with Crippen molar-refractivity contribution < 1.29 is 19.7 Å². The second kappa shape index (κ2) is 10.4. The third kappa shape index (κ3) is 6.74. The van der Waals surface area contributed by atoms with E-state index in [0.29, 0.717) is 19.5 Å². The molecule has 0 spiro atoms. The van der Waals surface area contributed by atoms with Gasteiger partial charge in [0, 0.05) is 6.54 Å². The van der Waals surface area contributed by atoms with E-state index >= 15 is 0 Å². The molecule has 26 heavy (non-hydrogen) atoms. The zero-order valence-corrected chi connectivity index (χ0v) is 14.9. The van der Waals surface area contributed by atoms with Crippen LogP contribution in [0.2, 0.25) is 0 Å². The van der Waals surface area contributed by atoms with Crippen molar-refractivity contribution in [3.05, 3.63) is 65.7 Å². The van der Waals surface area contributed by atoms with Gasteiger partial charge in [0.05, 0.1) is 19.3 Å². The van der Waals surface area contributed by atoms with Gasteiger partial charge in [0.1, 0.15) is 5.75 Å². The molecule has 6 nitrogen and oxygen atoms in total. The Hall–Kier alpha value is -2.57. The molecule has 0 aromatic heterocycles. The fourth-order valence-corrected chi connectivity index (χ4v) is 2.76. The largest absolute Gasteiger partial charge is 0.497 e. The zero-order valence-electron chi connectivity index (χ0n) is 14.9. The summed E-state index contributed by atoms with van der Waals surface area (Å²) in [6.07, 6.45) is -0.733. The number of aliphatic hydroxyl groups is 1. The van der Waals surface area contributed by atoms with Crippen LogP contribution in [0.3, 0.4) is 0 Å². The molecule has 0 aliphatic carbocycles. The maximum Gasteiger partial charge on any atom is 0.404 e. The molecule has 0 heterocycles. The summed E-state index contributed by atoms with van der Waals surface area (Å²) >= 11 is 0. The van der Waals surface area contributed by atoms with Crippen molar-refractivity contribution in [3.63, 3.8) is 0 Å². The molecule has 0 fully saturated rings. The topological polar surface area (TPSA) is 90.8 Å². The van der Waals surface area contributed by atoms with Gasteiger partial charge in [0.15, 0.2) is 0 Å². The second-order valence-corrected chi connectivity index (χ2v) is 6.12. The van der Waals surface area contributed by atoms with Crippen LogP contribution in [-0.4, -0.2) is 48.7 Å². The van der Waals surface area contributed by atoms with Gasteiger partial charge in [0.25, 0.3) is 0 Å². The first-order valence-electron chi connectivity index (χ1n) is 8.63. The van der Waals surface area contributed by atoms with E-state index in [1.165, 1.54) is 0 Å². The van der Waals surface area contributed by atoms with E-state index in [2.05, 4.69) is 10.6 Å². The standard InChI is InChI=1S/C20H26N2O4/c1-26-17-9-5-8-16(12-17)10-11-21-14-19(23)18(22-20(24)25)13-15-6-3-2-4-7-15/h2-9,12,18-19,21-23H,10-11,13-14H2,1H3,(H,24,25)/t18-,19-/m0/s1. The first kappa shape index (κ1) is 19.8. The van der Waals surface area contributed by atoms with Crippen molar-refractivity contribution in [1.82, 2.24) is 10.6 Å². The number of aliphatic hydroxyl groups excluding tert-OH is 1. The molecule has 1 amide bonds. The highest BCUT2D eigenvalue weighted by molar-refractivity contribution is 5.65. The van der Waals surface area contributed by atoms with Crippen molar-refractivity contribution in [2.75, 3.05) is 20.2 Å². The van der Waals surface area contributed by atoms with Gasteiger partial charge >= 0.3 is 6.09 Å². The van der Waals surface area contributed by atoms with Crippen LogP contribution in [0.5, 0.6) is 5.75 Å². The predicted molar refractivity (Wildman–Crippen MR) is 101 cm³/mol. The average Bonchev–Trinajstić information content (AvgIpc) is 2.65. The van der Waals surface area contributed by atoms with E-state index in [1.54, 1.807) is 7.11 Å². The maximum atomic E-state index is 11.0. The van der Waals surface area contributed by atoms with E-state index in [4.69, 9.17) is 9.84 Å². The Balaban J connectivity index is 1.82. The zero-order chi connectivity index (χ0) is 18.8. The van der Waals surface area contributed by atoms with Gasteiger partial charge < -0.3 is 25.6 Å². The molecule has 0 saturated carbocycles.